The largest absolute Gasteiger partial charge is 0.352 e. The maximum Gasteiger partial charge on any atom is 0.264 e. The number of anilines is 1. The van der Waals surface area contributed by atoms with Gasteiger partial charge in [0.15, 0.2) is 0 Å². The molecular weight excluding hydrogens is 593 g/mol. The molecule has 0 radical (unpaired) electrons. The van der Waals surface area contributed by atoms with Crippen LogP contribution >= 0.6 is 23.2 Å². The quantitative estimate of drug-likeness (QED) is 0.248. The third-order valence-electron chi connectivity index (χ3n) is 7.57. The lowest BCUT2D eigenvalue weighted by molar-refractivity contribution is -0.140. The number of nitrogens with zero attached hydrogens (tertiary/aromatic N) is 2. The molecule has 7 nitrogen and oxygen atoms in total. The molecule has 3 aromatic rings. The minimum atomic E-state index is -4.19. The van der Waals surface area contributed by atoms with Gasteiger partial charge in [-0.05, 0) is 61.6 Å². The van der Waals surface area contributed by atoms with E-state index in [1.54, 1.807) is 18.2 Å². The van der Waals surface area contributed by atoms with Crippen molar-refractivity contribution in [1.29, 1.82) is 0 Å². The SMILES string of the molecule is CCC(C(=O)NC1CCCCC1)N(CCc1ccccc1)C(=O)CN(c1cc(Cl)cc(Cl)c1)S(=O)(=O)c1ccccc1. The van der Waals surface area contributed by atoms with Crippen LogP contribution in [0.3, 0.4) is 0 Å². The summed E-state index contributed by atoms with van der Waals surface area (Å²) < 4.78 is 28.9. The molecule has 3 aromatic carbocycles. The first-order valence-electron chi connectivity index (χ1n) is 14.4. The van der Waals surface area contributed by atoms with Crippen LogP contribution in [0, 0.1) is 0 Å². The zero-order valence-electron chi connectivity index (χ0n) is 23.7. The van der Waals surface area contributed by atoms with Crippen LogP contribution in [0.25, 0.3) is 0 Å². The summed E-state index contributed by atoms with van der Waals surface area (Å²) in [7, 11) is -4.19. The minimum Gasteiger partial charge on any atom is -0.352 e. The van der Waals surface area contributed by atoms with Crippen LogP contribution in [0.1, 0.15) is 51.0 Å². The van der Waals surface area contributed by atoms with E-state index < -0.39 is 28.5 Å². The van der Waals surface area contributed by atoms with Gasteiger partial charge in [0.25, 0.3) is 10.0 Å². The second-order valence-corrected chi connectivity index (χ2v) is 13.3. The van der Waals surface area contributed by atoms with E-state index in [0.29, 0.717) is 12.8 Å². The maximum absolute atomic E-state index is 14.2. The molecule has 1 atom stereocenters. The minimum absolute atomic E-state index is 0.0202. The Bertz CT molecular complexity index is 1430. The first-order valence-corrected chi connectivity index (χ1v) is 16.6. The van der Waals surface area contributed by atoms with Crippen molar-refractivity contribution in [2.75, 3.05) is 17.4 Å². The molecule has 1 aliphatic rings. The van der Waals surface area contributed by atoms with Crippen molar-refractivity contribution in [2.45, 2.75) is 68.8 Å². The zero-order valence-corrected chi connectivity index (χ0v) is 26.0. The van der Waals surface area contributed by atoms with E-state index in [0.717, 1.165) is 42.0 Å². The predicted molar refractivity (Wildman–Crippen MR) is 168 cm³/mol. The summed E-state index contributed by atoms with van der Waals surface area (Å²) in [5.41, 5.74) is 1.17. The lowest BCUT2D eigenvalue weighted by atomic mass is 9.95. The standard InChI is InChI=1S/C32H37Cl2N3O4S/c1-2-30(32(39)35-27-14-8-4-9-15-27)36(19-18-24-12-6-3-7-13-24)31(38)23-37(28-21-25(33)20-26(34)22-28)42(40,41)29-16-10-5-11-17-29/h3,5-7,10-13,16-17,20-22,27,30H,2,4,8-9,14-15,18-19,23H2,1H3,(H,35,39). The van der Waals surface area contributed by atoms with Gasteiger partial charge in [-0.25, -0.2) is 8.42 Å². The van der Waals surface area contributed by atoms with Crippen LogP contribution in [0.15, 0.2) is 83.8 Å². The number of hydrogen-bond donors (Lipinski definition) is 1. The summed E-state index contributed by atoms with van der Waals surface area (Å²) in [6, 6.07) is 21.3. The summed E-state index contributed by atoms with van der Waals surface area (Å²) >= 11 is 12.5. The number of carbonyl (C=O) groups is 2. The fraction of sp³-hybridized carbons (Fsp3) is 0.375. The Morgan fingerprint density at radius 1 is 0.905 bits per heavy atom. The number of halogens is 2. The zero-order chi connectivity index (χ0) is 30.1. The highest BCUT2D eigenvalue weighted by molar-refractivity contribution is 7.92. The second kappa shape index (κ2) is 14.9. The van der Waals surface area contributed by atoms with Gasteiger partial charge in [-0.1, -0.05) is 97.9 Å². The van der Waals surface area contributed by atoms with Gasteiger partial charge in [0, 0.05) is 22.6 Å². The molecule has 1 aliphatic carbocycles. The molecule has 1 N–H and O–H groups in total. The highest BCUT2D eigenvalue weighted by Gasteiger charge is 2.34. The van der Waals surface area contributed by atoms with Gasteiger partial charge in [-0.3, -0.25) is 13.9 Å². The van der Waals surface area contributed by atoms with E-state index in [2.05, 4.69) is 5.32 Å². The number of carbonyl (C=O) groups excluding carboxylic acids is 2. The van der Waals surface area contributed by atoms with Crippen LogP contribution in [0.2, 0.25) is 10.0 Å². The normalized spacial score (nSPS) is 14.6. The Morgan fingerprint density at radius 3 is 2.10 bits per heavy atom. The number of amides is 2. The maximum atomic E-state index is 14.2. The summed E-state index contributed by atoms with van der Waals surface area (Å²) in [6.07, 6.45) is 6.00. The van der Waals surface area contributed by atoms with E-state index in [9.17, 15) is 18.0 Å². The molecule has 10 heteroatoms. The summed E-state index contributed by atoms with van der Waals surface area (Å²) in [5, 5.41) is 3.63. The Labute approximate surface area is 258 Å². The van der Waals surface area contributed by atoms with Gasteiger partial charge >= 0.3 is 0 Å². The van der Waals surface area contributed by atoms with Crippen LogP contribution < -0.4 is 9.62 Å². The molecule has 224 valence electrons. The van der Waals surface area contributed by atoms with Crippen LogP contribution in [0.4, 0.5) is 5.69 Å². The highest BCUT2D eigenvalue weighted by atomic mass is 35.5. The Kier molecular flexibility index (Phi) is 11.3. The monoisotopic (exact) mass is 629 g/mol. The first-order chi connectivity index (χ1) is 20.2. The lowest BCUT2D eigenvalue weighted by Gasteiger charge is -2.34. The summed E-state index contributed by atoms with van der Waals surface area (Å²) in [6.45, 7) is 1.58. The topological polar surface area (TPSA) is 86.8 Å². The number of benzene rings is 3. The van der Waals surface area contributed by atoms with Crippen LogP contribution in [-0.4, -0.2) is 50.3 Å². The van der Waals surface area contributed by atoms with E-state index in [1.165, 1.54) is 35.2 Å². The van der Waals surface area contributed by atoms with Gasteiger partial charge in [-0.2, -0.15) is 0 Å². The van der Waals surface area contributed by atoms with E-state index in [4.69, 9.17) is 23.2 Å². The lowest BCUT2D eigenvalue weighted by Crippen LogP contribution is -2.54. The van der Waals surface area contributed by atoms with Gasteiger partial charge in [-0.15, -0.1) is 0 Å². The number of hydrogen-bond acceptors (Lipinski definition) is 4. The van der Waals surface area contributed by atoms with Crippen molar-refractivity contribution < 1.29 is 18.0 Å². The third kappa shape index (κ3) is 8.27. The molecular formula is C32H37Cl2N3O4S. The molecule has 0 aliphatic heterocycles. The molecule has 2 amide bonds. The molecule has 1 fully saturated rings. The second-order valence-electron chi connectivity index (χ2n) is 10.5. The third-order valence-corrected chi connectivity index (χ3v) is 9.79. The fourth-order valence-electron chi connectivity index (χ4n) is 5.37. The van der Waals surface area contributed by atoms with Crippen LogP contribution in [0.5, 0.6) is 0 Å². The van der Waals surface area contributed by atoms with Gasteiger partial charge in [0.05, 0.1) is 10.6 Å². The number of rotatable bonds is 12. The average Bonchev–Trinajstić information content (AvgIpc) is 2.98. The average molecular weight is 631 g/mol. The molecule has 0 bridgehead atoms. The van der Waals surface area contributed by atoms with Crippen molar-refractivity contribution in [1.82, 2.24) is 10.2 Å². The Morgan fingerprint density at radius 2 is 1.50 bits per heavy atom. The molecule has 0 aromatic heterocycles. The van der Waals surface area contributed by atoms with Crippen molar-refractivity contribution in [3.63, 3.8) is 0 Å². The van der Waals surface area contributed by atoms with E-state index in [1.807, 2.05) is 37.3 Å². The van der Waals surface area contributed by atoms with Crippen molar-refractivity contribution in [3.05, 3.63) is 94.5 Å². The summed E-state index contributed by atoms with van der Waals surface area (Å²) in [5.74, 6) is -0.707. The van der Waals surface area contributed by atoms with E-state index >= 15 is 0 Å². The molecule has 0 heterocycles. The number of nitrogens with one attached hydrogen (secondary N) is 1. The molecule has 0 saturated heterocycles. The molecule has 1 unspecified atom stereocenters. The highest BCUT2D eigenvalue weighted by Crippen LogP contribution is 2.30. The fourth-order valence-corrected chi connectivity index (χ4v) is 7.31. The Balaban J connectivity index is 1.68. The van der Waals surface area contributed by atoms with Gasteiger partial charge < -0.3 is 10.2 Å². The van der Waals surface area contributed by atoms with Crippen molar-refractivity contribution >= 4 is 50.7 Å². The smallest absolute Gasteiger partial charge is 0.264 e. The number of sulfonamides is 1. The summed E-state index contributed by atoms with van der Waals surface area (Å²) in [4.78, 5) is 29.3. The predicted octanol–water partition coefficient (Wildman–Crippen LogP) is 6.49. The van der Waals surface area contributed by atoms with Crippen LogP contribution in [-0.2, 0) is 26.0 Å². The van der Waals surface area contributed by atoms with Gasteiger partial charge in [0.2, 0.25) is 11.8 Å². The van der Waals surface area contributed by atoms with E-state index in [-0.39, 0.29) is 39.1 Å². The van der Waals surface area contributed by atoms with Crippen molar-refractivity contribution in [3.8, 4) is 0 Å². The first kappa shape index (κ1) is 31.9. The Hall–Kier alpha value is -3.07. The molecule has 0 spiro atoms. The van der Waals surface area contributed by atoms with Crippen molar-refractivity contribution in [2.24, 2.45) is 0 Å². The van der Waals surface area contributed by atoms with Gasteiger partial charge in [0.1, 0.15) is 12.6 Å². The molecule has 1 saturated carbocycles. The molecule has 42 heavy (non-hydrogen) atoms. The molecule has 4 rings (SSSR count).